The fraction of sp³-hybridized carbons (Fsp3) is 0.517. The van der Waals surface area contributed by atoms with E-state index in [0.29, 0.717) is 41.1 Å². The summed E-state index contributed by atoms with van der Waals surface area (Å²) in [5, 5.41) is 2.93. The molecule has 3 aliphatic heterocycles. The molecule has 3 aromatic rings. The minimum atomic E-state index is -0.759. The maximum atomic E-state index is 14.9. The monoisotopic (exact) mass is 1090 g/mol. The number of nitrogens with zero attached hydrogens (tertiary/aromatic N) is 3. The highest BCUT2D eigenvalue weighted by Gasteiger charge is 2.47. The fourth-order valence-electron chi connectivity index (χ4n) is 9.57. The second-order valence-corrected chi connectivity index (χ2v) is 26.6. The van der Waals surface area contributed by atoms with Gasteiger partial charge in [-0.25, -0.2) is 14.8 Å². The van der Waals surface area contributed by atoms with Crippen molar-refractivity contribution in [3.05, 3.63) is 91.4 Å². The topological polar surface area (TPSA) is 140 Å². The summed E-state index contributed by atoms with van der Waals surface area (Å²) in [5.41, 5.74) is 1.33. The van der Waals surface area contributed by atoms with Gasteiger partial charge in [-0.1, -0.05) is 196 Å². The van der Waals surface area contributed by atoms with Crippen molar-refractivity contribution in [3.8, 4) is 11.5 Å². The molecule has 3 aromatic carbocycles. The molecule has 1 fully saturated rings. The highest BCUT2D eigenvalue weighted by molar-refractivity contribution is 8.26. The first kappa shape index (κ1) is 58.6. The van der Waals surface area contributed by atoms with Crippen LogP contribution in [-0.4, -0.2) is 70.2 Å². The molecule has 0 spiro atoms. The normalized spacial score (nSPS) is 15.8. The van der Waals surface area contributed by atoms with Gasteiger partial charge in [-0.05, 0) is 72.8 Å². The Balaban J connectivity index is 1.54. The van der Waals surface area contributed by atoms with E-state index >= 15 is 0 Å². The molecule has 3 atom stereocenters. The minimum Gasteiger partial charge on any atom is -0.462 e. The predicted molar refractivity (Wildman–Crippen MR) is 297 cm³/mol. The molecule has 0 saturated carbocycles. The number of carbonyl (C=O) groups excluding carboxylic acids is 6. The van der Waals surface area contributed by atoms with Crippen LogP contribution in [0.1, 0.15) is 146 Å². The molecule has 0 aromatic heterocycles. The van der Waals surface area contributed by atoms with Crippen molar-refractivity contribution in [2.75, 3.05) is 19.7 Å². The van der Waals surface area contributed by atoms with E-state index in [0.717, 1.165) is 96.7 Å². The third-order valence-corrected chi connectivity index (χ3v) is 18.0. The van der Waals surface area contributed by atoms with Gasteiger partial charge in [0.05, 0.1) is 47.8 Å². The van der Waals surface area contributed by atoms with Gasteiger partial charge >= 0.3 is 17.9 Å². The molecule has 16 heteroatoms. The van der Waals surface area contributed by atoms with E-state index in [4.69, 9.17) is 14.2 Å². The number of esters is 3. The van der Waals surface area contributed by atoms with Crippen LogP contribution in [0.15, 0.2) is 99.9 Å². The van der Waals surface area contributed by atoms with Crippen LogP contribution >= 0.6 is 47.0 Å². The van der Waals surface area contributed by atoms with Gasteiger partial charge in [0.1, 0.15) is 11.1 Å². The predicted octanol–water partition coefficient (Wildman–Crippen LogP) is 13.9. The number of thioether (sulfide) groups is 4. The largest absolute Gasteiger partial charge is 0.462 e. The van der Waals surface area contributed by atoms with Crippen molar-refractivity contribution in [2.45, 2.75) is 167 Å². The number of benzene rings is 3. The van der Waals surface area contributed by atoms with Crippen molar-refractivity contribution in [1.82, 2.24) is 14.9 Å². The minimum absolute atomic E-state index is 0.0478. The zero-order valence-corrected chi connectivity index (χ0v) is 48.6. The second kappa shape index (κ2) is 25.9. The van der Waals surface area contributed by atoms with Crippen LogP contribution in [0.2, 0.25) is 0 Å². The standard InChI is InChI=1S/C58H75N3O9S4/c1-13-17-24-38(14-2)35-68-54(67)44(51(64)59(15-3)16-4)56-73-49-45(69-41(62)29-36(5)31-57(7,8)9)47-48(46(50(49)74-56)70-42(63)30-37(6)32-58(10,11)12)72-55(71-47)43-52(65)60(33-39-25-20-18-21-26-39)61(53(43)66)34-40-27-22-19-23-28-40/h18-23,25-28,36-38H,13-17,24,29-35H2,1-12H3. The number of hydrazine groups is 1. The summed E-state index contributed by atoms with van der Waals surface area (Å²) >= 11 is 4.41. The van der Waals surface area contributed by atoms with E-state index in [9.17, 15) is 28.8 Å². The van der Waals surface area contributed by atoms with Gasteiger partial charge in [-0.3, -0.25) is 24.0 Å². The zero-order valence-electron chi connectivity index (χ0n) is 45.3. The van der Waals surface area contributed by atoms with Gasteiger partial charge in [-0.2, -0.15) is 0 Å². The molecular weight excluding hydrogens is 1010 g/mol. The first-order valence-electron chi connectivity index (χ1n) is 26.1. The number of hydrogen-bond donors (Lipinski definition) is 0. The molecule has 0 radical (unpaired) electrons. The lowest BCUT2D eigenvalue weighted by Crippen LogP contribution is -2.39. The molecule has 400 valence electrons. The Morgan fingerprint density at radius 3 is 1.46 bits per heavy atom. The number of fused-ring (bicyclic) bond motifs is 2. The van der Waals surface area contributed by atoms with E-state index < -0.39 is 35.6 Å². The van der Waals surface area contributed by atoms with E-state index in [1.165, 1.54) is 10.0 Å². The number of carbonyl (C=O) groups is 6. The molecule has 74 heavy (non-hydrogen) atoms. The Kier molecular flexibility index (Phi) is 20.5. The lowest BCUT2D eigenvalue weighted by atomic mass is 9.84. The Labute approximate surface area is 456 Å². The molecule has 6 rings (SSSR count). The maximum absolute atomic E-state index is 14.9. The van der Waals surface area contributed by atoms with Gasteiger partial charge in [0.25, 0.3) is 17.7 Å². The summed E-state index contributed by atoms with van der Waals surface area (Å²) in [6, 6.07) is 18.9. The van der Waals surface area contributed by atoms with E-state index in [-0.39, 0.29) is 83.8 Å². The molecule has 3 amide bonds. The summed E-state index contributed by atoms with van der Waals surface area (Å²) in [7, 11) is 0. The van der Waals surface area contributed by atoms with Gasteiger partial charge in [0, 0.05) is 25.9 Å². The van der Waals surface area contributed by atoms with Crippen LogP contribution in [0.4, 0.5) is 0 Å². The number of amides is 3. The third-order valence-electron chi connectivity index (χ3n) is 12.8. The number of ether oxygens (including phenoxy) is 3. The van der Waals surface area contributed by atoms with Crippen LogP contribution in [-0.2, 0) is 46.6 Å². The molecule has 0 aliphatic carbocycles. The number of likely N-dealkylation sites (N-methyl/N-ethyl adjacent to an activating group) is 1. The van der Waals surface area contributed by atoms with Crippen LogP contribution in [0, 0.1) is 28.6 Å². The second-order valence-electron chi connectivity index (χ2n) is 22.0. The quantitative estimate of drug-likeness (QED) is 0.0310. The van der Waals surface area contributed by atoms with Crippen molar-refractivity contribution in [2.24, 2.45) is 28.6 Å². The van der Waals surface area contributed by atoms with Gasteiger partial charge in [0.15, 0.2) is 11.5 Å². The van der Waals surface area contributed by atoms with Crippen LogP contribution in [0.5, 0.6) is 11.5 Å². The summed E-state index contributed by atoms with van der Waals surface area (Å²) in [4.78, 5) is 90.5. The average molecular weight is 1090 g/mol. The summed E-state index contributed by atoms with van der Waals surface area (Å²) < 4.78 is 19.7. The van der Waals surface area contributed by atoms with E-state index in [1.54, 1.807) is 4.90 Å². The van der Waals surface area contributed by atoms with E-state index in [2.05, 4.69) is 55.4 Å². The SMILES string of the molecule is CCCCC(CC)COC(=O)C(C(=O)N(CC)CC)=C1Sc2c(OC(=O)CC(C)CC(C)(C)C)c3c(c(OC(=O)CC(C)CC(C)(C)C)c2S1)SC(=C1C(=O)N(Cc2ccccc2)N(Cc2ccccc2)C1=O)S3. The smallest absolute Gasteiger partial charge is 0.345 e. The summed E-state index contributed by atoms with van der Waals surface area (Å²) in [6.45, 7) is 25.7. The van der Waals surface area contributed by atoms with Gasteiger partial charge in [-0.15, -0.1) is 0 Å². The van der Waals surface area contributed by atoms with Crippen LogP contribution in [0.3, 0.4) is 0 Å². The molecule has 12 nitrogen and oxygen atoms in total. The molecule has 3 unspecified atom stereocenters. The maximum Gasteiger partial charge on any atom is 0.345 e. The molecule has 0 bridgehead atoms. The lowest BCUT2D eigenvalue weighted by molar-refractivity contribution is -0.149. The highest BCUT2D eigenvalue weighted by atomic mass is 32.2. The van der Waals surface area contributed by atoms with Crippen molar-refractivity contribution in [3.63, 3.8) is 0 Å². The average Bonchev–Trinajstić information content (AvgIpc) is 4.02. The van der Waals surface area contributed by atoms with Gasteiger partial charge in [0.2, 0.25) is 0 Å². The molecule has 0 N–H and O–H groups in total. The lowest BCUT2D eigenvalue weighted by Gasteiger charge is -2.27. The first-order valence-corrected chi connectivity index (χ1v) is 29.4. The Morgan fingerprint density at radius 2 is 1.07 bits per heavy atom. The number of unbranched alkanes of at least 4 members (excludes halogenated alkanes) is 1. The molecule has 1 saturated heterocycles. The van der Waals surface area contributed by atoms with Gasteiger partial charge < -0.3 is 19.1 Å². The summed E-state index contributed by atoms with van der Waals surface area (Å²) in [6.07, 6.45) is 5.34. The number of hydrogen-bond acceptors (Lipinski definition) is 13. The Morgan fingerprint density at radius 1 is 0.635 bits per heavy atom. The first-order chi connectivity index (χ1) is 35.1. The van der Waals surface area contributed by atoms with Crippen LogP contribution < -0.4 is 9.47 Å². The molecule has 3 aliphatic rings. The highest BCUT2D eigenvalue weighted by Crippen LogP contribution is 2.69. The molecular formula is C58H75N3O9S4. The van der Waals surface area contributed by atoms with Crippen molar-refractivity contribution >= 4 is 82.7 Å². The summed E-state index contributed by atoms with van der Waals surface area (Å²) in [5.74, 6) is -2.98. The Hall–Kier alpha value is -4.64. The van der Waals surface area contributed by atoms with Crippen LogP contribution in [0.25, 0.3) is 0 Å². The molecule has 3 heterocycles. The fourth-order valence-corrected chi connectivity index (χ4v) is 15.1. The van der Waals surface area contributed by atoms with Crippen molar-refractivity contribution in [1.29, 1.82) is 0 Å². The third kappa shape index (κ3) is 15.1. The Bertz CT molecular complexity index is 2480. The number of rotatable bonds is 22. The zero-order chi connectivity index (χ0) is 54.1. The van der Waals surface area contributed by atoms with E-state index in [1.807, 2.05) is 88.4 Å². The van der Waals surface area contributed by atoms with Crippen molar-refractivity contribution < 1.29 is 43.0 Å².